The van der Waals surface area contributed by atoms with Crippen molar-refractivity contribution in [2.75, 3.05) is 0 Å². The monoisotopic (exact) mass is 216 g/mol. The molecular weight excluding hydrogens is 204 g/mol. The van der Waals surface area contributed by atoms with Crippen molar-refractivity contribution in [2.24, 2.45) is 5.73 Å². The van der Waals surface area contributed by atoms with Crippen molar-refractivity contribution in [3.05, 3.63) is 42.1 Å². The van der Waals surface area contributed by atoms with Crippen LogP contribution in [0.15, 0.2) is 36.4 Å². The number of fused-ring (bicyclic) bond motifs is 1. The highest BCUT2D eigenvalue weighted by molar-refractivity contribution is 5.78. The summed E-state index contributed by atoms with van der Waals surface area (Å²) in [6.45, 7) is 0. The number of carboxylic acids is 1. The highest BCUT2D eigenvalue weighted by Gasteiger charge is 2.11. The molecule has 82 valence electrons. The van der Waals surface area contributed by atoms with E-state index in [1.165, 1.54) is 0 Å². The van der Waals surface area contributed by atoms with E-state index in [1.807, 2.05) is 30.3 Å². The SMILES string of the molecule is NC(CC(=O)O)c1ccc2ccccc2n1. The number of nitrogens with two attached hydrogens (primary N) is 1. The summed E-state index contributed by atoms with van der Waals surface area (Å²) in [5, 5.41) is 9.67. The summed E-state index contributed by atoms with van der Waals surface area (Å²) in [5.74, 6) is -0.914. The molecule has 0 radical (unpaired) electrons. The van der Waals surface area contributed by atoms with Gasteiger partial charge >= 0.3 is 5.97 Å². The first-order valence-electron chi connectivity index (χ1n) is 5.00. The Morgan fingerprint density at radius 2 is 2.06 bits per heavy atom. The number of aromatic nitrogens is 1. The quantitative estimate of drug-likeness (QED) is 0.818. The first-order chi connectivity index (χ1) is 7.66. The number of pyridine rings is 1. The molecule has 4 nitrogen and oxygen atoms in total. The van der Waals surface area contributed by atoms with E-state index in [1.54, 1.807) is 6.07 Å². The molecule has 0 fully saturated rings. The Bertz CT molecular complexity index is 525. The third kappa shape index (κ3) is 2.17. The van der Waals surface area contributed by atoms with Crippen LogP contribution in [0, 0.1) is 0 Å². The molecule has 4 heteroatoms. The maximum absolute atomic E-state index is 10.5. The van der Waals surface area contributed by atoms with Crippen molar-refractivity contribution in [1.82, 2.24) is 4.98 Å². The smallest absolute Gasteiger partial charge is 0.305 e. The highest BCUT2D eigenvalue weighted by atomic mass is 16.4. The highest BCUT2D eigenvalue weighted by Crippen LogP contribution is 2.17. The predicted octanol–water partition coefficient (Wildman–Crippen LogP) is 1.71. The van der Waals surface area contributed by atoms with Crippen molar-refractivity contribution in [3.8, 4) is 0 Å². The van der Waals surface area contributed by atoms with Gasteiger partial charge in [0.2, 0.25) is 0 Å². The maximum atomic E-state index is 10.5. The molecule has 0 aliphatic carbocycles. The minimum Gasteiger partial charge on any atom is -0.481 e. The van der Waals surface area contributed by atoms with Gasteiger partial charge in [0.1, 0.15) is 0 Å². The van der Waals surface area contributed by atoms with Crippen LogP contribution in [-0.4, -0.2) is 16.1 Å². The van der Waals surface area contributed by atoms with Crippen LogP contribution in [-0.2, 0) is 4.79 Å². The molecule has 0 saturated heterocycles. The molecular formula is C12H12N2O2. The lowest BCUT2D eigenvalue weighted by atomic mass is 10.1. The molecule has 16 heavy (non-hydrogen) atoms. The molecule has 1 heterocycles. The fourth-order valence-electron chi connectivity index (χ4n) is 1.58. The minimum absolute atomic E-state index is 0.106. The Hall–Kier alpha value is -1.94. The number of carbonyl (C=O) groups is 1. The minimum atomic E-state index is -0.914. The van der Waals surface area contributed by atoms with E-state index in [4.69, 9.17) is 10.8 Å². The first-order valence-corrected chi connectivity index (χ1v) is 5.00. The molecule has 1 atom stereocenters. The van der Waals surface area contributed by atoms with Gasteiger partial charge in [0, 0.05) is 5.39 Å². The van der Waals surface area contributed by atoms with Gasteiger partial charge in [-0.25, -0.2) is 0 Å². The summed E-state index contributed by atoms with van der Waals surface area (Å²) in [4.78, 5) is 14.9. The van der Waals surface area contributed by atoms with Gasteiger partial charge in [0.05, 0.1) is 23.7 Å². The lowest BCUT2D eigenvalue weighted by Crippen LogP contribution is -2.16. The van der Waals surface area contributed by atoms with Crippen molar-refractivity contribution in [3.63, 3.8) is 0 Å². The zero-order valence-electron chi connectivity index (χ0n) is 8.63. The Balaban J connectivity index is 2.35. The van der Waals surface area contributed by atoms with E-state index in [0.29, 0.717) is 5.69 Å². The van der Waals surface area contributed by atoms with Gasteiger partial charge in [-0.2, -0.15) is 0 Å². The van der Waals surface area contributed by atoms with E-state index in [-0.39, 0.29) is 6.42 Å². The summed E-state index contributed by atoms with van der Waals surface area (Å²) >= 11 is 0. The summed E-state index contributed by atoms with van der Waals surface area (Å²) < 4.78 is 0. The second kappa shape index (κ2) is 4.28. The number of carboxylic acid groups (broad SMARTS) is 1. The summed E-state index contributed by atoms with van der Waals surface area (Å²) in [6, 6.07) is 10.8. The van der Waals surface area contributed by atoms with Crippen LogP contribution in [0.1, 0.15) is 18.2 Å². The average Bonchev–Trinajstić information content (AvgIpc) is 2.27. The zero-order valence-corrected chi connectivity index (χ0v) is 8.63. The molecule has 0 spiro atoms. The topological polar surface area (TPSA) is 76.2 Å². The fourth-order valence-corrected chi connectivity index (χ4v) is 1.58. The zero-order chi connectivity index (χ0) is 11.5. The second-order valence-electron chi connectivity index (χ2n) is 3.63. The summed E-state index contributed by atoms with van der Waals surface area (Å²) in [7, 11) is 0. The largest absolute Gasteiger partial charge is 0.481 e. The number of para-hydroxylation sites is 1. The number of hydrogen-bond acceptors (Lipinski definition) is 3. The van der Waals surface area contributed by atoms with Crippen LogP contribution in [0.3, 0.4) is 0 Å². The van der Waals surface area contributed by atoms with Gasteiger partial charge in [0.15, 0.2) is 0 Å². The number of benzene rings is 1. The Labute approximate surface area is 92.7 Å². The predicted molar refractivity (Wildman–Crippen MR) is 60.9 cm³/mol. The van der Waals surface area contributed by atoms with E-state index in [0.717, 1.165) is 10.9 Å². The van der Waals surface area contributed by atoms with Crippen molar-refractivity contribution in [2.45, 2.75) is 12.5 Å². The van der Waals surface area contributed by atoms with Gasteiger partial charge < -0.3 is 10.8 Å². The van der Waals surface area contributed by atoms with Gasteiger partial charge in [-0.05, 0) is 12.1 Å². The lowest BCUT2D eigenvalue weighted by Gasteiger charge is -2.08. The van der Waals surface area contributed by atoms with Crippen molar-refractivity contribution >= 4 is 16.9 Å². The average molecular weight is 216 g/mol. The molecule has 2 rings (SSSR count). The maximum Gasteiger partial charge on any atom is 0.305 e. The van der Waals surface area contributed by atoms with Crippen molar-refractivity contribution in [1.29, 1.82) is 0 Å². The number of aliphatic carboxylic acids is 1. The molecule has 1 aromatic carbocycles. The van der Waals surface area contributed by atoms with Crippen LogP contribution < -0.4 is 5.73 Å². The second-order valence-corrected chi connectivity index (χ2v) is 3.63. The molecule has 0 bridgehead atoms. The molecule has 0 saturated carbocycles. The standard InChI is InChI=1S/C12H12N2O2/c13-9(7-12(15)16)11-6-5-8-3-1-2-4-10(8)14-11/h1-6,9H,7,13H2,(H,15,16). The normalized spacial score (nSPS) is 12.6. The summed E-state index contributed by atoms with van der Waals surface area (Å²) in [5.41, 5.74) is 7.19. The third-order valence-electron chi connectivity index (χ3n) is 2.39. The number of nitrogens with zero attached hydrogens (tertiary/aromatic N) is 1. The Morgan fingerprint density at radius 1 is 1.31 bits per heavy atom. The van der Waals surface area contributed by atoms with E-state index < -0.39 is 12.0 Å². The molecule has 3 N–H and O–H groups in total. The molecule has 0 aliphatic heterocycles. The van der Waals surface area contributed by atoms with Crippen LogP contribution in [0.2, 0.25) is 0 Å². The van der Waals surface area contributed by atoms with E-state index in [9.17, 15) is 4.79 Å². The van der Waals surface area contributed by atoms with Crippen LogP contribution >= 0.6 is 0 Å². The molecule has 1 aromatic heterocycles. The van der Waals surface area contributed by atoms with Gasteiger partial charge in [-0.1, -0.05) is 24.3 Å². The fraction of sp³-hybridized carbons (Fsp3) is 0.167. The van der Waals surface area contributed by atoms with Gasteiger partial charge in [0.25, 0.3) is 0 Å². The van der Waals surface area contributed by atoms with Crippen LogP contribution in [0.5, 0.6) is 0 Å². The molecule has 1 unspecified atom stereocenters. The van der Waals surface area contributed by atoms with E-state index in [2.05, 4.69) is 4.98 Å². The number of rotatable bonds is 3. The molecule has 2 aromatic rings. The van der Waals surface area contributed by atoms with Gasteiger partial charge in [-0.3, -0.25) is 9.78 Å². The van der Waals surface area contributed by atoms with Crippen LogP contribution in [0.4, 0.5) is 0 Å². The first kappa shape index (κ1) is 10.6. The van der Waals surface area contributed by atoms with Gasteiger partial charge in [-0.15, -0.1) is 0 Å². The molecule has 0 amide bonds. The Kier molecular flexibility index (Phi) is 2.83. The Morgan fingerprint density at radius 3 is 2.81 bits per heavy atom. The summed E-state index contributed by atoms with van der Waals surface area (Å²) in [6.07, 6.45) is -0.106. The third-order valence-corrected chi connectivity index (χ3v) is 2.39. The van der Waals surface area contributed by atoms with Crippen molar-refractivity contribution < 1.29 is 9.90 Å². The number of hydrogen-bond donors (Lipinski definition) is 2. The van der Waals surface area contributed by atoms with Crippen LogP contribution in [0.25, 0.3) is 10.9 Å². The lowest BCUT2D eigenvalue weighted by molar-refractivity contribution is -0.137. The molecule has 0 aliphatic rings. The van der Waals surface area contributed by atoms with E-state index >= 15 is 0 Å².